The van der Waals surface area contributed by atoms with E-state index in [0.29, 0.717) is 5.56 Å². The monoisotopic (exact) mass is 403 g/mol. The second-order valence-corrected chi connectivity index (χ2v) is 9.02. The van der Waals surface area contributed by atoms with E-state index in [2.05, 4.69) is 11.4 Å². The van der Waals surface area contributed by atoms with Crippen molar-refractivity contribution in [3.8, 4) is 0 Å². The first-order valence-corrected chi connectivity index (χ1v) is 9.36. The molecule has 2 rings (SSSR count). The summed E-state index contributed by atoms with van der Waals surface area (Å²) in [6.07, 6.45) is 0. The minimum Gasteiger partial charge on any atom is -0.452 e. The van der Waals surface area contributed by atoms with Crippen LogP contribution in [0.2, 0.25) is 0 Å². The summed E-state index contributed by atoms with van der Waals surface area (Å²) in [5.74, 6) is -3.31. The molecular formula is C23H27F2NO3. The summed E-state index contributed by atoms with van der Waals surface area (Å²) < 4.78 is 32.3. The summed E-state index contributed by atoms with van der Waals surface area (Å²) in [7, 11) is 0. The molecule has 0 bridgehead atoms. The van der Waals surface area contributed by atoms with Crippen LogP contribution in [-0.4, -0.2) is 18.5 Å². The first kappa shape index (κ1) is 22.5. The van der Waals surface area contributed by atoms with E-state index in [4.69, 9.17) is 4.74 Å². The van der Waals surface area contributed by atoms with Gasteiger partial charge in [0.05, 0.1) is 5.56 Å². The van der Waals surface area contributed by atoms with Crippen molar-refractivity contribution >= 4 is 17.6 Å². The van der Waals surface area contributed by atoms with Gasteiger partial charge in [0.15, 0.2) is 6.61 Å². The molecule has 0 aliphatic rings. The van der Waals surface area contributed by atoms with Crippen molar-refractivity contribution < 1.29 is 23.1 Å². The average Bonchev–Trinajstić information content (AvgIpc) is 2.61. The fourth-order valence-electron chi connectivity index (χ4n) is 2.62. The lowest BCUT2D eigenvalue weighted by Crippen LogP contribution is -2.23. The van der Waals surface area contributed by atoms with Gasteiger partial charge in [0.25, 0.3) is 5.91 Å². The van der Waals surface area contributed by atoms with Gasteiger partial charge in [0.1, 0.15) is 17.3 Å². The van der Waals surface area contributed by atoms with E-state index in [1.165, 1.54) is 6.07 Å². The number of rotatable bonds is 4. The first-order valence-electron chi connectivity index (χ1n) is 9.36. The number of nitrogens with one attached hydrogen (secondary N) is 1. The molecule has 2 aromatic carbocycles. The Labute approximate surface area is 170 Å². The number of ether oxygens (including phenoxy) is 1. The lowest BCUT2D eigenvalue weighted by atomic mass is 9.79. The zero-order chi connectivity index (χ0) is 22.0. The number of anilines is 1. The summed E-state index contributed by atoms with van der Waals surface area (Å²) in [5, 5.41) is 2.09. The molecule has 0 saturated carbocycles. The van der Waals surface area contributed by atoms with E-state index in [1.807, 2.05) is 41.5 Å². The molecule has 156 valence electrons. The van der Waals surface area contributed by atoms with Gasteiger partial charge in [-0.2, -0.15) is 0 Å². The number of amides is 1. The molecule has 0 spiro atoms. The molecule has 1 amide bonds. The van der Waals surface area contributed by atoms with E-state index in [1.54, 1.807) is 12.1 Å². The largest absolute Gasteiger partial charge is 0.452 e. The SMILES string of the molecule is CC(C)(C)c1cc(C(=O)OCC(=O)Nc2c(F)cccc2F)cc(C(C)(C)C)c1. The van der Waals surface area contributed by atoms with Crippen LogP contribution in [0.4, 0.5) is 14.5 Å². The van der Waals surface area contributed by atoms with Crippen molar-refractivity contribution in [2.75, 3.05) is 11.9 Å². The minimum absolute atomic E-state index is 0.184. The summed E-state index contributed by atoms with van der Waals surface area (Å²) in [4.78, 5) is 24.5. The summed E-state index contributed by atoms with van der Waals surface area (Å²) in [6.45, 7) is 11.6. The van der Waals surface area contributed by atoms with Crippen LogP contribution >= 0.6 is 0 Å². The Hall–Kier alpha value is -2.76. The standard InChI is InChI=1S/C23H27F2NO3/c1-22(2,3)15-10-14(11-16(12-15)23(4,5)6)21(28)29-13-19(27)26-20-17(24)8-7-9-18(20)25/h7-12H,13H2,1-6H3,(H,26,27). The maximum atomic E-state index is 13.6. The van der Waals surface area contributed by atoms with Crippen LogP contribution < -0.4 is 5.32 Å². The van der Waals surface area contributed by atoms with E-state index < -0.39 is 35.8 Å². The van der Waals surface area contributed by atoms with Crippen LogP contribution in [0.1, 0.15) is 63.0 Å². The normalized spacial score (nSPS) is 11.9. The molecule has 4 nitrogen and oxygen atoms in total. The molecule has 29 heavy (non-hydrogen) atoms. The third-order valence-corrected chi connectivity index (χ3v) is 4.46. The molecule has 0 fully saturated rings. The number of carbonyl (C=O) groups excluding carboxylic acids is 2. The van der Waals surface area contributed by atoms with Gasteiger partial charge >= 0.3 is 5.97 Å². The molecule has 0 atom stereocenters. The molecule has 0 radical (unpaired) electrons. The van der Waals surface area contributed by atoms with Crippen LogP contribution in [-0.2, 0) is 20.4 Å². The van der Waals surface area contributed by atoms with Crippen molar-refractivity contribution in [3.05, 3.63) is 64.7 Å². The van der Waals surface area contributed by atoms with Gasteiger partial charge in [-0.3, -0.25) is 4.79 Å². The van der Waals surface area contributed by atoms with Gasteiger partial charge in [0.2, 0.25) is 0 Å². The molecule has 0 aromatic heterocycles. The topological polar surface area (TPSA) is 55.4 Å². The highest BCUT2D eigenvalue weighted by molar-refractivity contribution is 5.95. The van der Waals surface area contributed by atoms with Gasteiger partial charge < -0.3 is 10.1 Å². The van der Waals surface area contributed by atoms with Crippen LogP contribution in [0.15, 0.2) is 36.4 Å². The van der Waals surface area contributed by atoms with Crippen molar-refractivity contribution in [1.82, 2.24) is 0 Å². The quantitative estimate of drug-likeness (QED) is 0.700. The van der Waals surface area contributed by atoms with Crippen LogP contribution in [0.3, 0.4) is 0 Å². The number of carbonyl (C=O) groups is 2. The Morgan fingerprint density at radius 2 is 1.38 bits per heavy atom. The van der Waals surface area contributed by atoms with Crippen molar-refractivity contribution in [1.29, 1.82) is 0 Å². The molecule has 1 N–H and O–H groups in total. The Morgan fingerprint density at radius 3 is 1.83 bits per heavy atom. The predicted octanol–water partition coefficient (Wildman–Crippen LogP) is 5.36. The molecule has 0 aliphatic carbocycles. The summed E-state index contributed by atoms with van der Waals surface area (Å²) in [5.41, 5.74) is 1.32. The minimum atomic E-state index is -0.905. The number of para-hydroxylation sites is 1. The van der Waals surface area contributed by atoms with Crippen molar-refractivity contribution in [2.45, 2.75) is 52.4 Å². The molecular weight excluding hydrogens is 376 g/mol. The maximum absolute atomic E-state index is 13.6. The molecule has 0 aliphatic heterocycles. The van der Waals surface area contributed by atoms with Crippen LogP contribution in [0, 0.1) is 11.6 Å². The molecule has 6 heteroatoms. The lowest BCUT2D eigenvalue weighted by molar-refractivity contribution is -0.119. The number of hydrogen-bond donors (Lipinski definition) is 1. The molecule has 0 heterocycles. The molecule has 2 aromatic rings. The van der Waals surface area contributed by atoms with E-state index in [-0.39, 0.29) is 10.8 Å². The zero-order valence-corrected chi connectivity index (χ0v) is 17.7. The highest BCUT2D eigenvalue weighted by Gasteiger charge is 2.23. The van der Waals surface area contributed by atoms with Crippen molar-refractivity contribution in [3.63, 3.8) is 0 Å². The summed E-state index contributed by atoms with van der Waals surface area (Å²) in [6, 6.07) is 8.78. The summed E-state index contributed by atoms with van der Waals surface area (Å²) >= 11 is 0. The number of halogens is 2. The number of esters is 1. The zero-order valence-electron chi connectivity index (χ0n) is 17.7. The van der Waals surface area contributed by atoms with Gasteiger partial charge in [-0.1, -0.05) is 53.7 Å². The second-order valence-electron chi connectivity index (χ2n) is 9.02. The van der Waals surface area contributed by atoms with E-state index in [0.717, 1.165) is 23.3 Å². The van der Waals surface area contributed by atoms with E-state index in [9.17, 15) is 18.4 Å². The average molecular weight is 403 g/mol. The lowest BCUT2D eigenvalue weighted by Gasteiger charge is -2.25. The number of benzene rings is 2. The van der Waals surface area contributed by atoms with Gasteiger partial charge in [-0.05, 0) is 46.2 Å². The van der Waals surface area contributed by atoms with Crippen molar-refractivity contribution in [2.24, 2.45) is 0 Å². The third-order valence-electron chi connectivity index (χ3n) is 4.46. The van der Waals surface area contributed by atoms with E-state index >= 15 is 0 Å². The highest BCUT2D eigenvalue weighted by Crippen LogP contribution is 2.30. The Bertz CT molecular complexity index is 872. The smallest absolute Gasteiger partial charge is 0.338 e. The first-order chi connectivity index (χ1) is 13.3. The highest BCUT2D eigenvalue weighted by atomic mass is 19.1. The fraction of sp³-hybridized carbons (Fsp3) is 0.391. The Kier molecular flexibility index (Phi) is 6.46. The van der Waals surface area contributed by atoms with Gasteiger partial charge in [-0.15, -0.1) is 0 Å². The van der Waals surface area contributed by atoms with Gasteiger partial charge in [0, 0.05) is 0 Å². The third kappa shape index (κ3) is 5.86. The molecule has 0 unspecified atom stereocenters. The fourth-order valence-corrected chi connectivity index (χ4v) is 2.62. The predicted molar refractivity (Wildman–Crippen MR) is 109 cm³/mol. The maximum Gasteiger partial charge on any atom is 0.338 e. The van der Waals surface area contributed by atoms with Crippen LogP contribution in [0.25, 0.3) is 0 Å². The Morgan fingerprint density at radius 1 is 0.897 bits per heavy atom. The van der Waals surface area contributed by atoms with Crippen LogP contribution in [0.5, 0.6) is 0 Å². The molecule has 0 saturated heterocycles. The van der Waals surface area contributed by atoms with Gasteiger partial charge in [-0.25, -0.2) is 13.6 Å². The second kappa shape index (κ2) is 8.31. The Balaban J connectivity index is 2.17. The number of hydrogen-bond acceptors (Lipinski definition) is 3.